The summed E-state index contributed by atoms with van der Waals surface area (Å²) in [5, 5.41) is 15.6. The van der Waals surface area contributed by atoms with E-state index >= 15 is 0 Å². The standard InChI is InChI=1S/C19H17ClN2O/c20-15-8-13-5-3-7-21-18(13)14(9-15)11-22-19-16-6-2-1-4-12(16)10-17(19)23/h1-9,17,19,22-23H,10-11H2/t17-,19+/m1/s1. The highest BCUT2D eigenvalue weighted by Crippen LogP contribution is 2.32. The van der Waals surface area contributed by atoms with Crippen LogP contribution >= 0.6 is 11.6 Å². The molecule has 1 aliphatic rings. The number of benzene rings is 2. The van der Waals surface area contributed by atoms with Crippen LogP contribution in [0.5, 0.6) is 0 Å². The Morgan fingerprint density at radius 3 is 2.96 bits per heavy atom. The molecule has 3 aromatic rings. The molecule has 0 aliphatic heterocycles. The third kappa shape index (κ3) is 2.72. The maximum atomic E-state index is 10.4. The summed E-state index contributed by atoms with van der Waals surface area (Å²) < 4.78 is 0. The summed E-state index contributed by atoms with van der Waals surface area (Å²) >= 11 is 6.22. The van der Waals surface area contributed by atoms with Crippen molar-refractivity contribution < 1.29 is 5.11 Å². The van der Waals surface area contributed by atoms with Crippen LogP contribution < -0.4 is 5.32 Å². The van der Waals surface area contributed by atoms with E-state index < -0.39 is 6.10 Å². The van der Waals surface area contributed by atoms with Crippen molar-refractivity contribution in [3.05, 3.63) is 76.4 Å². The minimum atomic E-state index is -0.397. The summed E-state index contributed by atoms with van der Waals surface area (Å²) in [6.45, 7) is 0.615. The molecule has 4 rings (SSSR count). The zero-order chi connectivity index (χ0) is 15.8. The van der Waals surface area contributed by atoms with Gasteiger partial charge in [0, 0.05) is 29.6 Å². The van der Waals surface area contributed by atoms with E-state index in [4.69, 9.17) is 11.6 Å². The lowest BCUT2D eigenvalue weighted by Crippen LogP contribution is -2.28. The molecular formula is C19H17ClN2O. The Bertz CT molecular complexity index is 865. The van der Waals surface area contributed by atoms with Crippen LogP contribution in [0.1, 0.15) is 22.7 Å². The maximum Gasteiger partial charge on any atom is 0.0775 e. The molecule has 116 valence electrons. The summed E-state index contributed by atoms with van der Waals surface area (Å²) in [5.74, 6) is 0. The van der Waals surface area contributed by atoms with Crippen LogP contribution in [0.4, 0.5) is 0 Å². The van der Waals surface area contributed by atoms with Crippen LogP contribution in [0.15, 0.2) is 54.7 Å². The number of rotatable bonds is 3. The normalized spacial score (nSPS) is 19.9. The average Bonchev–Trinajstić information content (AvgIpc) is 2.87. The summed E-state index contributed by atoms with van der Waals surface area (Å²) in [4.78, 5) is 4.47. The fourth-order valence-electron chi connectivity index (χ4n) is 3.40. The number of hydrogen-bond donors (Lipinski definition) is 2. The minimum absolute atomic E-state index is 0.0519. The fraction of sp³-hybridized carbons (Fsp3) is 0.211. The van der Waals surface area contributed by atoms with Gasteiger partial charge in [-0.05, 0) is 34.9 Å². The Morgan fingerprint density at radius 1 is 1.17 bits per heavy atom. The van der Waals surface area contributed by atoms with Crippen molar-refractivity contribution in [1.82, 2.24) is 10.3 Å². The second-order valence-electron chi connectivity index (χ2n) is 5.97. The lowest BCUT2D eigenvalue weighted by molar-refractivity contribution is 0.140. The highest BCUT2D eigenvalue weighted by atomic mass is 35.5. The van der Waals surface area contributed by atoms with E-state index in [2.05, 4.69) is 22.4 Å². The molecule has 1 aliphatic carbocycles. The maximum absolute atomic E-state index is 10.4. The average molecular weight is 325 g/mol. The zero-order valence-corrected chi connectivity index (χ0v) is 13.3. The second kappa shape index (κ2) is 5.93. The van der Waals surface area contributed by atoms with Crippen LogP contribution in [-0.2, 0) is 13.0 Å². The summed E-state index contributed by atoms with van der Waals surface area (Å²) in [6.07, 6.45) is 2.09. The third-order valence-electron chi connectivity index (χ3n) is 4.47. The number of aliphatic hydroxyl groups is 1. The van der Waals surface area contributed by atoms with Crippen molar-refractivity contribution in [2.45, 2.75) is 25.1 Å². The molecule has 23 heavy (non-hydrogen) atoms. The lowest BCUT2D eigenvalue weighted by atomic mass is 10.1. The largest absolute Gasteiger partial charge is 0.391 e. The first-order valence-corrected chi connectivity index (χ1v) is 8.12. The van der Waals surface area contributed by atoms with Crippen LogP contribution in [-0.4, -0.2) is 16.2 Å². The first kappa shape index (κ1) is 14.6. The molecule has 2 atom stereocenters. The molecule has 0 saturated carbocycles. The molecule has 0 amide bonds. The summed E-state index contributed by atoms with van der Waals surface area (Å²) in [5.41, 5.74) is 4.39. The van der Waals surface area contributed by atoms with E-state index in [0.29, 0.717) is 18.0 Å². The zero-order valence-electron chi connectivity index (χ0n) is 12.5. The number of hydrogen-bond acceptors (Lipinski definition) is 3. The third-order valence-corrected chi connectivity index (χ3v) is 4.68. The second-order valence-corrected chi connectivity index (χ2v) is 6.41. The smallest absolute Gasteiger partial charge is 0.0775 e. The molecule has 1 aromatic heterocycles. The SMILES string of the molecule is O[C@@H]1Cc2ccccc2[C@@H]1NCc1cc(Cl)cc2cccnc12. The molecule has 0 unspecified atom stereocenters. The highest BCUT2D eigenvalue weighted by Gasteiger charge is 2.30. The number of halogens is 1. The molecule has 4 heteroatoms. The molecular weight excluding hydrogens is 308 g/mol. The first-order chi connectivity index (χ1) is 11.2. The molecule has 0 spiro atoms. The van der Waals surface area contributed by atoms with Crippen molar-refractivity contribution >= 4 is 22.5 Å². The summed E-state index contributed by atoms with van der Waals surface area (Å²) in [7, 11) is 0. The van der Waals surface area contributed by atoms with Gasteiger partial charge in [0.2, 0.25) is 0 Å². The Hall–Kier alpha value is -1.94. The topological polar surface area (TPSA) is 45.1 Å². The van der Waals surface area contributed by atoms with E-state index in [9.17, 15) is 5.11 Å². The molecule has 2 N–H and O–H groups in total. The van der Waals surface area contributed by atoms with E-state index in [1.165, 1.54) is 11.1 Å². The van der Waals surface area contributed by atoms with Gasteiger partial charge in [-0.3, -0.25) is 4.98 Å². The van der Waals surface area contributed by atoms with Gasteiger partial charge in [0.05, 0.1) is 17.7 Å². The van der Waals surface area contributed by atoms with Gasteiger partial charge in [0.15, 0.2) is 0 Å². The molecule has 0 saturated heterocycles. The van der Waals surface area contributed by atoms with Crippen molar-refractivity contribution in [3.8, 4) is 0 Å². The van der Waals surface area contributed by atoms with Gasteiger partial charge in [-0.15, -0.1) is 0 Å². The quantitative estimate of drug-likeness (QED) is 0.773. The number of nitrogens with one attached hydrogen (secondary N) is 1. The van der Waals surface area contributed by atoms with Crippen LogP contribution in [0.3, 0.4) is 0 Å². The predicted molar refractivity (Wildman–Crippen MR) is 92.5 cm³/mol. The van der Waals surface area contributed by atoms with Crippen molar-refractivity contribution in [2.75, 3.05) is 0 Å². The van der Waals surface area contributed by atoms with Crippen LogP contribution in [0.25, 0.3) is 10.9 Å². The number of fused-ring (bicyclic) bond motifs is 2. The molecule has 0 fully saturated rings. The van der Waals surface area contributed by atoms with Crippen LogP contribution in [0, 0.1) is 0 Å². The lowest BCUT2D eigenvalue weighted by Gasteiger charge is -2.18. The van der Waals surface area contributed by atoms with Gasteiger partial charge in [-0.25, -0.2) is 0 Å². The van der Waals surface area contributed by atoms with E-state index in [1.54, 1.807) is 6.20 Å². The Labute approximate surface area is 139 Å². The summed E-state index contributed by atoms with van der Waals surface area (Å²) in [6, 6.07) is 15.9. The number of nitrogens with zero attached hydrogens (tertiary/aromatic N) is 1. The van der Waals surface area contributed by atoms with Gasteiger partial charge in [0.1, 0.15) is 0 Å². The van der Waals surface area contributed by atoms with Crippen molar-refractivity contribution in [1.29, 1.82) is 0 Å². The van der Waals surface area contributed by atoms with Crippen molar-refractivity contribution in [3.63, 3.8) is 0 Å². The molecule has 1 heterocycles. The van der Waals surface area contributed by atoms with Gasteiger partial charge < -0.3 is 10.4 Å². The Balaban J connectivity index is 1.63. The van der Waals surface area contributed by atoms with E-state index in [1.807, 2.05) is 36.4 Å². The Morgan fingerprint density at radius 2 is 2.04 bits per heavy atom. The molecule has 0 radical (unpaired) electrons. The predicted octanol–water partition coefficient (Wildman–Crippen LogP) is 3.64. The molecule has 3 nitrogen and oxygen atoms in total. The minimum Gasteiger partial charge on any atom is -0.391 e. The van der Waals surface area contributed by atoms with E-state index in [-0.39, 0.29) is 6.04 Å². The monoisotopic (exact) mass is 324 g/mol. The van der Waals surface area contributed by atoms with E-state index in [0.717, 1.165) is 16.5 Å². The van der Waals surface area contributed by atoms with Crippen molar-refractivity contribution in [2.24, 2.45) is 0 Å². The van der Waals surface area contributed by atoms with Gasteiger partial charge in [-0.1, -0.05) is 41.9 Å². The highest BCUT2D eigenvalue weighted by molar-refractivity contribution is 6.31. The fourth-order valence-corrected chi connectivity index (χ4v) is 3.65. The van der Waals surface area contributed by atoms with Gasteiger partial charge >= 0.3 is 0 Å². The van der Waals surface area contributed by atoms with Crippen LogP contribution in [0.2, 0.25) is 5.02 Å². The van der Waals surface area contributed by atoms with Gasteiger partial charge in [0.25, 0.3) is 0 Å². The molecule has 0 bridgehead atoms. The first-order valence-electron chi connectivity index (χ1n) is 7.75. The number of pyridine rings is 1. The van der Waals surface area contributed by atoms with Gasteiger partial charge in [-0.2, -0.15) is 0 Å². The number of aromatic nitrogens is 1. The number of aliphatic hydroxyl groups excluding tert-OH is 1. The molecule has 2 aromatic carbocycles. The Kier molecular flexibility index (Phi) is 3.77.